The first-order valence-electron chi connectivity index (χ1n) is 7.22. The molecule has 2 atom stereocenters. The van der Waals surface area contributed by atoms with Gasteiger partial charge in [0.15, 0.2) is 0 Å². The highest BCUT2D eigenvalue weighted by Gasteiger charge is 2.41. The van der Waals surface area contributed by atoms with Crippen LogP contribution in [0.15, 0.2) is 22.7 Å². The molecule has 2 aliphatic heterocycles. The molecule has 0 spiro atoms. The molecule has 2 saturated heterocycles. The zero-order chi connectivity index (χ0) is 15.2. The minimum Gasteiger partial charge on any atom is -0.365 e. The SMILES string of the molecule is CNC1CC2CCC(C1)N2c1ccc(Br)c(C(F)(F)F)c1. The molecule has 2 nitrogen and oxygen atoms in total. The molecule has 0 amide bonds. The number of rotatable bonds is 2. The van der Waals surface area contributed by atoms with Crippen molar-refractivity contribution in [1.29, 1.82) is 0 Å². The minimum absolute atomic E-state index is 0.108. The molecule has 2 fully saturated rings. The summed E-state index contributed by atoms with van der Waals surface area (Å²) in [7, 11) is 1.96. The van der Waals surface area contributed by atoms with Crippen LogP contribution < -0.4 is 10.2 Å². The summed E-state index contributed by atoms with van der Waals surface area (Å²) in [5, 5.41) is 3.31. The van der Waals surface area contributed by atoms with Gasteiger partial charge in [-0.05, 0) is 50.9 Å². The Hall–Kier alpha value is -0.750. The van der Waals surface area contributed by atoms with Gasteiger partial charge < -0.3 is 10.2 Å². The number of benzene rings is 1. The smallest absolute Gasteiger partial charge is 0.365 e. The highest BCUT2D eigenvalue weighted by molar-refractivity contribution is 9.10. The Morgan fingerprint density at radius 1 is 1.19 bits per heavy atom. The van der Waals surface area contributed by atoms with Crippen LogP contribution in [0.5, 0.6) is 0 Å². The van der Waals surface area contributed by atoms with Gasteiger partial charge in [0.05, 0.1) is 5.56 Å². The first kappa shape index (κ1) is 15.2. The van der Waals surface area contributed by atoms with Crippen molar-refractivity contribution in [1.82, 2.24) is 5.32 Å². The van der Waals surface area contributed by atoms with E-state index in [1.165, 1.54) is 12.1 Å². The van der Waals surface area contributed by atoms with Crippen molar-refractivity contribution in [3.05, 3.63) is 28.2 Å². The van der Waals surface area contributed by atoms with Crippen LogP contribution in [0.4, 0.5) is 18.9 Å². The van der Waals surface area contributed by atoms with Crippen LogP contribution in [0, 0.1) is 0 Å². The van der Waals surface area contributed by atoms with Crippen molar-refractivity contribution < 1.29 is 13.2 Å². The van der Waals surface area contributed by atoms with Gasteiger partial charge in [0.1, 0.15) is 0 Å². The van der Waals surface area contributed by atoms with Crippen molar-refractivity contribution in [2.45, 2.75) is 50.0 Å². The third-order valence-electron chi connectivity index (χ3n) is 4.69. The lowest BCUT2D eigenvalue weighted by atomic mass is 9.96. The van der Waals surface area contributed by atoms with Crippen LogP contribution in [0.2, 0.25) is 0 Å². The van der Waals surface area contributed by atoms with E-state index in [-0.39, 0.29) is 4.47 Å². The number of fused-ring (bicyclic) bond motifs is 2. The van der Waals surface area contributed by atoms with E-state index in [1.807, 2.05) is 7.05 Å². The van der Waals surface area contributed by atoms with Crippen LogP contribution in [-0.2, 0) is 6.18 Å². The molecule has 1 aromatic rings. The molecule has 0 saturated carbocycles. The molecule has 1 N–H and O–H groups in total. The first-order chi connectivity index (χ1) is 9.90. The molecular weight excluding hydrogens is 345 g/mol. The fraction of sp³-hybridized carbons (Fsp3) is 0.600. The zero-order valence-corrected chi connectivity index (χ0v) is 13.3. The number of nitrogens with one attached hydrogen (secondary N) is 1. The maximum absolute atomic E-state index is 13.1. The van der Waals surface area contributed by atoms with E-state index in [2.05, 4.69) is 26.1 Å². The zero-order valence-electron chi connectivity index (χ0n) is 11.8. The van der Waals surface area contributed by atoms with Crippen molar-refractivity contribution in [3.63, 3.8) is 0 Å². The lowest BCUT2D eigenvalue weighted by Gasteiger charge is -2.40. The molecule has 1 aromatic carbocycles. The molecule has 6 heteroatoms. The second-order valence-corrected chi connectivity index (χ2v) is 6.77. The normalized spacial score (nSPS) is 29.0. The van der Waals surface area contributed by atoms with Crippen LogP contribution in [0.25, 0.3) is 0 Å². The molecule has 0 radical (unpaired) electrons. The Bertz CT molecular complexity index is 518. The van der Waals surface area contributed by atoms with E-state index in [1.54, 1.807) is 6.07 Å². The predicted molar refractivity (Wildman–Crippen MR) is 80.5 cm³/mol. The van der Waals surface area contributed by atoms with E-state index in [0.717, 1.165) is 25.7 Å². The van der Waals surface area contributed by atoms with E-state index < -0.39 is 11.7 Å². The Morgan fingerprint density at radius 2 is 1.81 bits per heavy atom. The molecule has 0 aliphatic carbocycles. The van der Waals surface area contributed by atoms with Crippen LogP contribution >= 0.6 is 15.9 Å². The number of nitrogens with zero attached hydrogens (tertiary/aromatic N) is 1. The molecule has 2 bridgehead atoms. The number of piperidine rings is 1. The maximum Gasteiger partial charge on any atom is 0.417 e. The summed E-state index contributed by atoms with van der Waals surface area (Å²) < 4.78 is 39.3. The second-order valence-electron chi connectivity index (χ2n) is 5.91. The number of anilines is 1. The van der Waals surface area contributed by atoms with Gasteiger partial charge in [0.25, 0.3) is 0 Å². The van der Waals surface area contributed by atoms with Crippen LogP contribution in [0.1, 0.15) is 31.2 Å². The number of halogens is 4. The van der Waals surface area contributed by atoms with Gasteiger partial charge in [-0.2, -0.15) is 13.2 Å². The van der Waals surface area contributed by atoms with Gasteiger partial charge in [-0.1, -0.05) is 15.9 Å². The molecule has 3 rings (SSSR count). The monoisotopic (exact) mass is 362 g/mol. The van der Waals surface area contributed by atoms with Gasteiger partial charge in [0, 0.05) is 28.3 Å². The maximum atomic E-state index is 13.1. The Morgan fingerprint density at radius 3 is 2.33 bits per heavy atom. The summed E-state index contributed by atoms with van der Waals surface area (Å²) >= 11 is 3.01. The number of hydrogen-bond acceptors (Lipinski definition) is 2. The van der Waals surface area contributed by atoms with Crippen molar-refractivity contribution in [2.75, 3.05) is 11.9 Å². The average molecular weight is 363 g/mol. The summed E-state index contributed by atoms with van der Waals surface area (Å²) in [6.07, 6.45) is -0.174. The van der Waals surface area contributed by atoms with Gasteiger partial charge in [-0.15, -0.1) is 0 Å². The fourth-order valence-electron chi connectivity index (χ4n) is 3.73. The quantitative estimate of drug-likeness (QED) is 0.848. The number of alkyl halides is 3. The van der Waals surface area contributed by atoms with Gasteiger partial charge in [-0.25, -0.2) is 0 Å². The van der Waals surface area contributed by atoms with E-state index in [9.17, 15) is 13.2 Å². The Balaban J connectivity index is 1.92. The van der Waals surface area contributed by atoms with E-state index in [4.69, 9.17) is 0 Å². The summed E-state index contributed by atoms with van der Waals surface area (Å²) in [6, 6.07) is 5.78. The lowest BCUT2D eigenvalue weighted by Crippen LogP contribution is -2.48. The molecule has 21 heavy (non-hydrogen) atoms. The first-order valence-corrected chi connectivity index (χ1v) is 8.02. The summed E-state index contributed by atoms with van der Waals surface area (Å²) in [6.45, 7) is 0. The standard InChI is InChI=1S/C15H18BrF3N2/c1-20-9-6-10-2-3-11(7-9)21(10)12-4-5-14(16)13(8-12)15(17,18)19/h4-5,8-11,20H,2-3,6-7H2,1H3. The fourth-order valence-corrected chi connectivity index (χ4v) is 4.20. The Labute approximate surface area is 130 Å². The molecule has 2 heterocycles. The average Bonchev–Trinajstić information content (AvgIpc) is 2.69. The van der Waals surface area contributed by atoms with Gasteiger partial charge in [-0.3, -0.25) is 0 Å². The summed E-state index contributed by atoms with van der Waals surface area (Å²) in [5.74, 6) is 0. The molecule has 2 unspecified atom stereocenters. The highest BCUT2D eigenvalue weighted by Crippen LogP contribution is 2.42. The van der Waals surface area contributed by atoms with Crippen molar-refractivity contribution >= 4 is 21.6 Å². The van der Waals surface area contributed by atoms with Gasteiger partial charge in [0.2, 0.25) is 0 Å². The van der Waals surface area contributed by atoms with Crippen molar-refractivity contribution in [2.24, 2.45) is 0 Å². The van der Waals surface area contributed by atoms with Crippen LogP contribution in [-0.4, -0.2) is 25.2 Å². The number of hydrogen-bond donors (Lipinski definition) is 1. The third kappa shape index (κ3) is 2.80. The topological polar surface area (TPSA) is 15.3 Å². The molecule has 116 valence electrons. The highest BCUT2D eigenvalue weighted by atomic mass is 79.9. The summed E-state index contributed by atoms with van der Waals surface area (Å²) in [4.78, 5) is 2.20. The molecule has 0 aromatic heterocycles. The minimum atomic E-state index is -4.32. The molecular formula is C15H18BrF3N2. The lowest BCUT2D eigenvalue weighted by molar-refractivity contribution is -0.138. The van der Waals surface area contributed by atoms with Gasteiger partial charge >= 0.3 is 6.18 Å². The largest absolute Gasteiger partial charge is 0.417 e. The third-order valence-corrected chi connectivity index (χ3v) is 5.39. The Kier molecular flexibility index (Phi) is 3.94. The predicted octanol–water partition coefficient (Wildman–Crippen LogP) is 4.19. The summed E-state index contributed by atoms with van der Waals surface area (Å²) in [5.41, 5.74) is 0.114. The van der Waals surface area contributed by atoms with Crippen LogP contribution in [0.3, 0.4) is 0 Å². The van der Waals surface area contributed by atoms with E-state index in [0.29, 0.717) is 23.8 Å². The van der Waals surface area contributed by atoms with Crippen molar-refractivity contribution in [3.8, 4) is 0 Å². The second kappa shape index (κ2) is 5.47. The molecule has 2 aliphatic rings. The van der Waals surface area contributed by atoms with E-state index >= 15 is 0 Å².